The van der Waals surface area contributed by atoms with Gasteiger partial charge in [0.15, 0.2) is 0 Å². The fourth-order valence-electron chi connectivity index (χ4n) is 3.60. The van der Waals surface area contributed by atoms with Gasteiger partial charge in [-0.15, -0.1) is 5.10 Å². The summed E-state index contributed by atoms with van der Waals surface area (Å²) in [5.74, 6) is -0.448. The number of aromatic nitrogens is 3. The molecule has 1 aromatic heterocycles. The van der Waals surface area contributed by atoms with Gasteiger partial charge in [0.2, 0.25) is 0 Å². The highest BCUT2D eigenvalue weighted by Crippen LogP contribution is 2.19. The number of anilines is 1. The minimum absolute atomic E-state index is 0.0857. The lowest BCUT2D eigenvalue weighted by Crippen LogP contribution is -2.32. The molecule has 0 radical (unpaired) electrons. The van der Waals surface area contributed by atoms with E-state index in [0.29, 0.717) is 29.9 Å². The smallest absolute Gasteiger partial charge is 0.319 e. The van der Waals surface area contributed by atoms with Gasteiger partial charge in [0.05, 0.1) is 12.1 Å². The van der Waals surface area contributed by atoms with Crippen LogP contribution >= 0.6 is 0 Å². The van der Waals surface area contributed by atoms with Gasteiger partial charge in [-0.05, 0) is 55.3 Å². The number of amides is 3. The van der Waals surface area contributed by atoms with Gasteiger partial charge in [-0.1, -0.05) is 18.1 Å². The van der Waals surface area contributed by atoms with Crippen molar-refractivity contribution >= 4 is 28.7 Å². The molecule has 0 atom stereocenters. The average molecular weight is 410 g/mol. The third kappa shape index (κ3) is 4.73. The second-order valence-corrected chi connectivity index (χ2v) is 7.36. The van der Waals surface area contributed by atoms with Crippen molar-refractivity contribution in [1.29, 1.82) is 0 Å². The number of carbonyl (C=O) groups is 2. The van der Waals surface area contributed by atoms with E-state index in [1.165, 1.54) is 24.3 Å². The first-order valence-electron chi connectivity index (χ1n) is 10.0. The molecule has 9 heteroatoms. The summed E-state index contributed by atoms with van der Waals surface area (Å²) >= 11 is 0. The molecular formula is C21H23FN6O2. The Morgan fingerprint density at radius 3 is 2.63 bits per heavy atom. The van der Waals surface area contributed by atoms with Crippen LogP contribution in [0.4, 0.5) is 14.9 Å². The third-order valence-electron chi connectivity index (χ3n) is 5.18. The molecule has 0 spiro atoms. The van der Waals surface area contributed by atoms with Crippen LogP contribution in [-0.2, 0) is 6.54 Å². The second kappa shape index (κ2) is 8.89. The van der Waals surface area contributed by atoms with Gasteiger partial charge >= 0.3 is 6.03 Å². The molecule has 0 aliphatic heterocycles. The maximum absolute atomic E-state index is 12.9. The first-order chi connectivity index (χ1) is 14.6. The molecule has 3 aromatic rings. The van der Waals surface area contributed by atoms with E-state index in [-0.39, 0.29) is 17.8 Å². The number of rotatable bonds is 6. The molecule has 8 nitrogen and oxygen atoms in total. The van der Waals surface area contributed by atoms with Gasteiger partial charge in [0.25, 0.3) is 5.91 Å². The van der Waals surface area contributed by atoms with E-state index in [1.807, 2.05) is 6.07 Å². The Kier molecular flexibility index (Phi) is 5.87. The summed E-state index contributed by atoms with van der Waals surface area (Å²) in [6.45, 7) is 0.746. The molecule has 0 saturated heterocycles. The molecule has 0 bridgehead atoms. The molecule has 0 unspecified atom stereocenters. The minimum atomic E-state index is -0.392. The van der Waals surface area contributed by atoms with Crippen LogP contribution in [0.25, 0.3) is 11.0 Å². The fraction of sp³-hybridized carbons (Fsp3) is 0.333. The SMILES string of the molecule is O=C(NCCn1nnc2cc(C(=O)NC3CCCC3)ccc21)Nc1ccc(F)cc1. The Bertz CT molecular complexity index is 1040. The van der Waals surface area contributed by atoms with Crippen molar-refractivity contribution in [2.45, 2.75) is 38.3 Å². The van der Waals surface area contributed by atoms with Crippen LogP contribution in [-0.4, -0.2) is 39.5 Å². The Morgan fingerprint density at radius 2 is 1.87 bits per heavy atom. The molecule has 1 aliphatic carbocycles. The van der Waals surface area contributed by atoms with Crippen molar-refractivity contribution in [2.75, 3.05) is 11.9 Å². The van der Waals surface area contributed by atoms with Crippen molar-refractivity contribution in [3.05, 3.63) is 53.8 Å². The Balaban J connectivity index is 1.31. The minimum Gasteiger partial charge on any atom is -0.349 e. The van der Waals surface area contributed by atoms with Crippen LogP contribution in [0.3, 0.4) is 0 Å². The molecule has 1 heterocycles. The summed E-state index contributed by atoms with van der Waals surface area (Å²) in [5.41, 5.74) is 2.49. The van der Waals surface area contributed by atoms with Gasteiger partial charge in [-0.2, -0.15) is 0 Å². The Labute approximate surface area is 172 Å². The fourth-order valence-corrected chi connectivity index (χ4v) is 3.60. The Hall–Kier alpha value is -3.49. The van der Waals surface area contributed by atoms with Crippen molar-refractivity contribution in [2.24, 2.45) is 0 Å². The van der Waals surface area contributed by atoms with E-state index in [2.05, 4.69) is 26.3 Å². The first-order valence-corrected chi connectivity index (χ1v) is 10.0. The molecule has 1 fully saturated rings. The summed E-state index contributed by atoms with van der Waals surface area (Å²) in [4.78, 5) is 24.4. The topological polar surface area (TPSA) is 101 Å². The Morgan fingerprint density at radius 1 is 1.10 bits per heavy atom. The number of nitrogens with one attached hydrogen (secondary N) is 3. The van der Waals surface area contributed by atoms with E-state index < -0.39 is 6.03 Å². The lowest BCUT2D eigenvalue weighted by molar-refractivity contribution is 0.0938. The van der Waals surface area contributed by atoms with Crippen LogP contribution < -0.4 is 16.0 Å². The number of fused-ring (bicyclic) bond motifs is 1. The summed E-state index contributed by atoms with van der Waals surface area (Å²) in [5, 5.41) is 16.7. The average Bonchev–Trinajstić information content (AvgIpc) is 3.39. The second-order valence-electron chi connectivity index (χ2n) is 7.36. The van der Waals surface area contributed by atoms with Gasteiger partial charge in [-0.25, -0.2) is 13.9 Å². The highest BCUT2D eigenvalue weighted by atomic mass is 19.1. The van der Waals surface area contributed by atoms with Gasteiger partial charge in [-0.3, -0.25) is 4.79 Å². The summed E-state index contributed by atoms with van der Waals surface area (Å²) in [7, 11) is 0. The number of halogens is 1. The van der Waals surface area contributed by atoms with Gasteiger partial charge in [0, 0.05) is 23.8 Å². The van der Waals surface area contributed by atoms with Crippen LogP contribution in [0.15, 0.2) is 42.5 Å². The van der Waals surface area contributed by atoms with E-state index in [9.17, 15) is 14.0 Å². The van der Waals surface area contributed by atoms with E-state index >= 15 is 0 Å². The monoisotopic (exact) mass is 410 g/mol. The van der Waals surface area contributed by atoms with Gasteiger partial charge in [0.1, 0.15) is 11.3 Å². The molecule has 30 heavy (non-hydrogen) atoms. The van der Waals surface area contributed by atoms with Crippen molar-refractivity contribution in [3.8, 4) is 0 Å². The number of hydrogen-bond donors (Lipinski definition) is 3. The number of urea groups is 1. The summed E-state index contributed by atoms with van der Waals surface area (Å²) in [6.07, 6.45) is 4.39. The summed E-state index contributed by atoms with van der Waals surface area (Å²) < 4.78 is 14.6. The number of nitrogens with zero attached hydrogens (tertiary/aromatic N) is 3. The standard InChI is InChI=1S/C21H23FN6O2/c22-15-6-8-17(9-7-15)25-21(30)23-11-12-28-19-10-5-14(13-18(19)26-27-28)20(29)24-16-3-1-2-4-16/h5-10,13,16H,1-4,11-12H2,(H,24,29)(H2,23,25,30). The van der Waals surface area contributed by atoms with Crippen LogP contribution in [0.2, 0.25) is 0 Å². The number of benzene rings is 2. The van der Waals surface area contributed by atoms with Crippen molar-refractivity contribution in [3.63, 3.8) is 0 Å². The van der Waals surface area contributed by atoms with E-state index in [1.54, 1.807) is 16.8 Å². The molecule has 3 N–H and O–H groups in total. The quantitative estimate of drug-likeness (QED) is 0.581. The predicted octanol–water partition coefficient (Wildman–Crippen LogP) is 3.06. The molecule has 4 rings (SSSR count). The van der Waals surface area contributed by atoms with Crippen LogP contribution in [0, 0.1) is 5.82 Å². The predicted molar refractivity (Wildman–Crippen MR) is 111 cm³/mol. The van der Waals surface area contributed by atoms with Crippen LogP contribution in [0.5, 0.6) is 0 Å². The number of carbonyl (C=O) groups excluding carboxylic acids is 2. The first kappa shape index (κ1) is 19.8. The lowest BCUT2D eigenvalue weighted by atomic mass is 10.1. The van der Waals surface area contributed by atoms with Crippen LogP contribution in [0.1, 0.15) is 36.0 Å². The van der Waals surface area contributed by atoms with Crippen molar-refractivity contribution in [1.82, 2.24) is 25.6 Å². The molecular weight excluding hydrogens is 387 g/mol. The highest BCUT2D eigenvalue weighted by Gasteiger charge is 2.18. The molecule has 2 aromatic carbocycles. The maximum atomic E-state index is 12.9. The van der Waals surface area contributed by atoms with Gasteiger partial charge < -0.3 is 16.0 Å². The highest BCUT2D eigenvalue weighted by molar-refractivity contribution is 5.97. The van der Waals surface area contributed by atoms with Crippen molar-refractivity contribution < 1.29 is 14.0 Å². The molecule has 1 aliphatic rings. The third-order valence-corrected chi connectivity index (χ3v) is 5.18. The van der Waals surface area contributed by atoms with E-state index in [4.69, 9.17) is 0 Å². The molecule has 1 saturated carbocycles. The number of hydrogen-bond acceptors (Lipinski definition) is 4. The maximum Gasteiger partial charge on any atom is 0.319 e. The zero-order chi connectivity index (χ0) is 20.9. The zero-order valence-electron chi connectivity index (χ0n) is 16.4. The van der Waals surface area contributed by atoms with E-state index in [0.717, 1.165) is 31.2 Å². The normalized spacial score (nSPS) is 14.0. The lowest BCUT2D eigenvalue weighted by Gasteiger charge is -2.11. The molecule has 156 valence electrons. The molecule has 3 amide bonds. The zero-order valence-corrected chi connectivity index (χ0v) is 16.4. The summed E-state index contributed by atoms with van der Waals surface area (Å²) in [6, 6.07) is 10.7. The largest absolute Gasteiger partial charge is 0.349 e.